The van der Waals surface area contributed by atoms with Crippen LogP contribution in [0.4, 0.5) is 5.95 Å². The Morgan fingerprint density at radius 3 is 2.70 bits per heavy atom. The number of anilines is 1. The summed E-state index contributed by atoms with van der Waals surface area (Å²) in [6, 6.07) is 7.45. The number of rotatable bonds is 2. The summed E-state index contributed by atoms with van der Waals surface area (Å²) >= 11 is 12.5. The molecule has 2 aromatic heterocycles. The minimum Gasteiger partial charge on any atom is -0.341 e. The number of benzene rings is 1. The Labute approximate surface area is 166 Å². The molecule has 0 bridgehead atoms. The number of nitriles is 1. The third-order valence-corrected chi connectivity index (χ3v) is 5.74. The van der Waals surface area contributed by atoms with Gasteiger partial charge in [-0.05, 0) is 25.8 Å². The molecular formula is C18H17Cl2N7. The van der Waals surface area contributed by atoms with Gasteiger partial charge >= 0.3 is 0 Å². The summed E-state index contributed by atoms with van der Waals surface area (Å²) in [6.07, 6.45) is 1.67. The number of fused-ring (bicyclic) bond motifs is 1. The highest BCUT2D eigenvalue weighted by Crippen LogP contribution is 2.36. The number of halogens is 2. The molecule has 1 fully saturated rings. The third-order valence-electron chi connectivity index (χ3n) is 4.92. The minimum atomic E-state index is -0.179. The molecule has 27 heavy (non-hydrogen) atoms. The van der Waals surface area contributed by atoms with Crippen molar-refractivity contribution in [2.45, 2.75) is 25.3 Å². The Hall–Kier alpha value is -2.40. The molecule has 9 heteroatoms. The minimum absolute atomic E-state index is 0.179. The Kier molecular flexibility index (Phi) is 4.42. The number of nitrogens with one attached hydrogen (secondary N) is 1. The molecule has 0 radical (unpaired) electrons. The average Bonchev–Trinajstić information content (AvgIpc) is 3.07. The zero-order valence-corrected chi connectivity index (χ0v) is 16.1. The van der Waals surface area contributed by atoms with Crippen molar-refractivity contribution in [3.63, 3.8) is 0 Å². The van der Waals surface area contributed by atoms with Gasteiger partial charge in [0.15, 0.2) is 11.3 Å². The Bertz CT molecular complexity index is 1060. The average molecular weight is 402 g/mol. The maximum atomic E-state index is 9.68. The second-order valence-electron chi connectivity index (χ2n) is 7.02. The summed E-state index contributed by atoms with van der Waals surface area (Å²) in [7, 11) is 0. The van der Waals surface area contributed by atoms with Gasteiger partial charge in [-0.3, -0.25) is 5.10 Å². The Balaban J connectivity index is 1.81. The number of hydrogen-bond acceptors (Lipinski definition) is 6. The van der Waals surface area contributed by atoms with Gasteiger partial charge in [0.05, 0.1) is 21.1 Å². The van der Waals surface area contributed by atoms with Crippen LogP contribution in [-0.4, -0.2) is 38.8 Å². The number of hydrogen-bond donors (Lipinski definition) is 2. The van der Waals surface area contributed by atoms with Crippen molar-refractivity contribution in [3.05, 3.63) is 33.9 Å². The number of aromatic amines is 1. The van der Waals surface area contributed by atoms with Crippen molar-refractivity contribution in [1.29, 1.82) is 5.26 Å². The van der Waals surface area contributed by atoms with Crippen LogP contribution >= 0.6 is 23.2 Å². The lowest BCUT2D eigenvalue weighted by molar-refractivity contribution is 0.362. The highest BCUT2D eigenvalue weighted by molar-refractivity contribution is 6.43. The van der Waals surface area contributed by atoms with E-state index in [1.807, 2.05) is 17.9 Å². The summed E-state index contributed by atoms with van der Waals surface area (Å²) < 4.78 is 0. The van der Waals surface area contributed by atoms with Gasteiger partial charge in [0, 0.05) is 24.2 Å². The second kappa shape index (κ2) is 6.64. The van der Waals surface area contributed by atoms with Gasteiger partial charge in [-0.25, -0.2) is 4.98 Å². The number of aromatic nitrogens is 4. The van der Waals surface area contributed by atoms with Gasteiger partial charge < -0.3 is 10.6 Å². The van der Waals surface area contributed by atoms with E-state index in [0.717, 1.165) is 25.9 Å². The van der Waals surface area contributed by atoms with Gasteiger partial charge in [0.1, 0.15) is 6.07 Å². The van der Waals surface area contributed by atoms with E-state index in [0.29, 0.717) is 38.3 Å². The Morgan fingerprint density at radius 1 is 1.26 bits per heavy atom. The molecule has 0 spiro atoms. The number of nitrogens with two attached hydrogens (primary N) is 1. The van der Waals surface area contributed by atoms with Gasteiger partial charge in [-0.2, -0.15) is 15.3 Å². The number of H-pyrrole nitrogens is 1. The van der Waals surface area contributed by atoms with Crippen LogP contribution < -0.4 is 10.6 Å². The van der Waals surface area contributed by atoms with E-state index < -0.39 is 0 Å². The monoisotopic (exact) mass is 401 g/mol. The van der Waals surface area contributed by atoms with Crippen molar-refractivity contribution in [2.24, 2.45) is 5.73 Å². The summed E-state index contributed by atoms with van der Waals surface area (Å²) in [5.41, 5.74) is 7.91. The predicted molar refractivity (Wildman–Crippen MR) is 106 cm³/mol. The van der Waals surface area contributed by atoms with Gasteiger partial charge in [0.25, 0.3) is 0 Å². The van der Waals surface area contributed by atoms with Crippen LogP contribution in [0.5, 0.6) is 0 Å². The Morgan fingerprint density at radius 2 is 2.00 bits per heavy atom. The summed E-state index contributed by atoms with van der Waals surface area (Å²) in [6.45, 7) is 3.52. The fourth-order valence-corrected chi connectivity index (χ4v) is 3.64. The highest BCUT2D eigenvalue weighted by atomic mass is 35.5. The lowest BCUT2D eigenvalue weighted by Crippen LogP contribution is -2.48. The van der Waals surface area contributed by atoms with E-state index in [1.54, 1.807) is 12.1 Å². The number of piperidine rings is 1. The van der Waals surface area contributed by atoms with Crippen LogP contribution in [-0.2, 0) is 0 Å². The molecule has 1 aliphatic rings. The van der Waals surface area contributed by atoms with E-state index in [-0.39, 0.29) is 11.2 Å². The van der Waals surface area contributed by atoms with E-state index in [1.165, 1.54) is 0 Å². The standard InChI is InChI=1S/C18H17Cl2N7/c1-18(22)5-7-27(8-6-18)17-23-12(9-21)13-15(25-26-16(13)24-17)10-3-2-4-11(19)14(10)20/h2-4H,5-8,22H2,1H3,(H,23,24,25,26). The topological polar surface area (TPSA) is 108 Å². The van der Waals surface area contributed by atoms with E-state index in [4.69, 9.17) is 28.9 Å². The molecule has 7 nitrogen and oxygen atoms in total. The van der Waals surface area contributed by atoms with Crippen LogP contribution in [0.25, 0.3) is 22.3 Å². The zero-order valence-electron chi connectivity index (χ0n) is 14.6. The second-order valence-corrected chi connectivity index (χ2v) is 7.81. The molecular weight excluding hydrogens is 385 g/mol. The van der Waals surface area contributed by atoms with Gasteiger partial charge in [0.2, 0.25) is 5.95 Å². The highest BCUT2D eigenvalue weighted by Gasteiger charge is 2.28. The molecule has 0 amide bonds. The quantitative estimate of drug-likeness (QED) is 0.679. The first kappa shape index (κ1) is 18.0. The molecule has 4 rings (SSSR count). The molecule has 0 unspecified atom stereocenters. The van der Waals surface area contributed by atoms with Crippen molar-refractivity contribution >= 4 is 40.2 Å². The van der Waals surface area contributed by atoms with Gasteiger partial charge in [-0.1, -0.05) is 35.3 Å². The maximum Gasteiger partial charge on any atom is 0.228 e. The molecule has 0 saturated carbocycles. The van der Waals surface area contributed by atoms with Crippen molar-refractivity contribution in [3.8, 4) is 17.3 Å². The smallest absolute Gasteiger partial charge is 0.228 e. The predicted octanol–water partition coefficient (Wildman–Crippen LogP) is 3.52. The molecule has 0 aliphatic carbocycles. The molecule has 1 saturated heterocycles. The van der Waals surface area contributed by atoms with Crippen LogP contribution in [0.1, 0.15) is 25.5 Å². The number of nitrogens with zero attached hydrogens (tertiary/aromatic N) is 5. The van der Waals surface area contributed by atoms with Crippen molar-refractivity contribution in [1.82, 2.24) is 20.2 Å². The maximum absolute atomic E-state index is 9.68. The molecule has 3 aromatic rings. The van der Waals surface area contributed by atoms with E-state index in [2.05, 4.69) is 26.2 Å². The summed E-state index contributed by atoms with van der Waals surface area (Å²) in [4.78, 5) is 11.1. The summed E-state index contributed by atoms with van der Waals surface area (Å²) in [5, 5.41) is 18.2. The van der Waals surface area contributed by atoms with Crippen molar-refractivity contribution in [2.75, 3.05) is 18.0 Å². The fourth-order valence-electron chi connectivity index (χ4n) is 3.24. The van der Waals surface area contributed by atoms with E-state index >= 15 is 0 Å². The van der Waals surface area contributed by atoms with Crippen LogP contribution in [0.2, 0.25) is 10.0 Å². The van der Waals surface area contributed by atoms with Gasteiger partial charge in [-0.15, -0.1) is 0 Å². The molecule has 138 valence electrons. The molecule has 3 heterocycles. The van der Waals surface area contributed by atoms with Crippen LogP contribution in [0, 0.1) is 11.3 Å². The van der Waals surface area contributed by atoms with Crippen molar-refractivity contribution < 1.29 is 0 Å². The molecule has 3 N–H and O–H groups in total. The SMILES string of the molecule is CC1(N)CCN(c2nc(C#N)c3c(-c4cccc(Cl)c4Cl)[nH]nc3n2)CC1. The molecule has 1 aliphatic heterocycles. The lowest BCUT2D eigenvalue weighted by atomic mass is 9.91. The van der Waals surface area contributed by atoms with Crippen LogP contribution in [0.15, 0.2) is 18.2 Å². The first-order chi connectivity index (χ1) is 12.9. The molecule has 1 aromatic carbocycles. The first-order valence-corrected chi connectivity index (χ1v) is 9.30. The first-order valence-electron chi connectivity index (χ1n) is 8.54. The normalized spacial score (nSPS) is 16.5. The van der Waals surface area contributed by atoms with Crippen LogP contribution in [0.3, 0.4) is 0 Å². The fraction of sp³-hybridized carbons (Fsp3) is 0.333. The van der Waals surface area contributed by atoms with E-state index in [9.17, 15) is 5.26 Å². The largest absolute Gasteiger partial charge is 0.341 e. The third kappa shape index (κ3) is 3.21. The summed E-state index contributed by atoms with van der Waals surface area (Å²) in [5.74, 6) is 0.491. The molecule has 0 atom stereocenters. The lowest BCUT2D eigenvalue weighted by Gasteiger charge is -2.36. The zero-order chi connectivity index (χ0) is 19.2.